The lowest BCUT2D eigenvalue weighted by atomic mass is 10.1. The van der Waals surface area contributed by atoms with Gasteiger partial charge in [-0.3, -0.25) is 0 Å². The number of urea groups is 1. The average Bonchev–Trinajstić information content (AvgIpc) is 2.86. The smallest absolute Gasteiger partial charge is 0.317 e. The monoisotopic (exact) mass is 349 g/mol. The summed E-state index contributed by atoms with van der Waals surface area (Å²) in [6.07, 6.45) is 7.37. The first-order valence-corrected chi connectivity index (χ1v) is 9.58. The van der Waals surface area contributed by atoms with Gasteiger partial charge in [0.15, 0.2) is 0 Å². The van der Waals surface area contributed by atoms with Crippen molar-refractivity contribution in [2.24, 2.45) is 0 Å². The summed E-state index contributed by atoms with van der Waals surface area (Å²) in [6.45, 7) is 5.32. The normalized spacial score (nSPS) is 19.9. The van der Waals surface area contributed by atoms with E-state index in [-0.39, 0.29) is 6.03 Å². The van der Waals surface area contributed by atoms with Crippen LogP contribution in [-0.2, 0) is 0 Å². The van der Waals surface area contributed by atoms with Crippen LogP contribution in [0.15, 0.2) is 18.2 Å². The summed E-state index contributed by atoms with van der Waals surface area (Å²) in [5.41, 5.74) is 2.31. The van der Waals surface area contributed by atoms with Crippen molar-refractivity contribution in [1.82, 2.24) is 10.2 Å². The van der Waals surface area contributed by atoms with Gasteiger partial charge in [0.1, 0.15) is 0 Å². The third-order valence-electron chi connectivity index (χ3n) is 5.33. The summed E-state index contributed by atoms with van der Waals surface area (Å²) in [7, 11) is 0. The lowest BCUT2D eigenvalue weighted by Crippen LogP contribution is -2.53. The van der Waals surface area contributed by atoms with Gasteiger partial charge in [-0.05, 0) is 37.5 Å². The van der Waals surface area contributed by atoms with E-state index in [1.165, 1.54) is 31.4 Å². The van der Waals surface area contributed by atoms with Crippen LogP contribution in [0.3, 0.4) is 0 Å². The van der Waals surface area contributed by atoms with E-state index >= 15 is 0 Å². The third kappa shape index (κ3) is 4.15. The summed E-state index contributed by atoms with van der Waals surface area (Å²) in [6, 6.07) is 6.52. The number of hydrogen-bond acceptors (Lipinski definition) is 2. The molecule has 5 heteroatoms. The first-order valence-electron chi connectivity index (χ1n) is 9.20. The molecule has 1 N–H and O–H groups in total. The number of piperazine rings is 1. The average molecular weight is 350 g/mol. The van der Waals surface area contributed by atoms with Gasteiger partial charge in [0.05, 0.1) is 0 Å². The van der Waals surface area contributed by atoms with Crippen LogP contribution < -0.4 is 10.2 Å². The van der Waals surface area contributed by atoms with Gasteiger partial charge in [0.2, 0.25) is 0 Å². The SMILES string of the molecule is Cc1c(Cl)cccc1N1CCN(C(=O)NC2CCCCCC2)CC1. The zero-order valence-corrected chi connectivity index (χ0v) is 15.3. The summed E-state index contributed by atoms with van der Waals surface area (Å²) >= 11 is 6.23. The summed E-state index contributed by atoms with van der Waals surface area (Å²) in [5.74, 6) is 0. The van der Waals surface area contributed by atoms with Crippen molar-refractivity contribution < 1.29 is 4.79 Å². The Morgan fingerprint density at radius 2 is 1.75 bits per heavy atom. The topological polar surface area (TPSA) is 35.6 Å². The molecule has 2 amide bonds. The van der Waals surface area contributed by atoms with Crippen molar-refractivity contribution >= 4 is 23.3 Å². The number of benzene rings is 1. The Morgan fingerprint density at radius 1 is 1.08 bits per heavy atom. The number of anilines is 1. The summed E-state index contributed by atoms with van der Waals surface area (Å²) in [4.78, 5) is 16.8. The third-order valence-corrected chi connectivity index (χ3v) is 5.74. The van der Waals surface area contributed by atoms with E-state index in [1.807, 2.05) is 17.0 Å². The molecule has 0 atom stereocenters. The molecule has 1 heterocycles. The van der Waals surface area contributed by atoms with E-state index in [0.717, 1.165) is 49.6 Å². The lowest BCUT2D eigenvalue weighted by molar-refractivity contribution is 0.189. The predicted octanol–water partition coefficient (Wildman–Crippen LogP) is 4.20. The van der Waals surface area contributed by atoms with Gasteiger partial charge in [0.25, 0.3) is 0 Å². The molecule has 4 nitrogen and oxygen atoms in total. The second-order valence-electron chi connectivity index (χ2n) is 7.00. The fourth-order valence-electron chi connectivity index (χ4n) is 3.78. The molecule has 1 aromatic carbocycles. The van der Waals surface area contributed by atoms with Crippen molar-refractivity contribution in [2.45, 2.75) is 51.5 Å². The largest absolute Gasteiger partial charge is 0.368 e. The second-order valence-corrected chi connectivity index (χ2v) is 7.40. The Balaban J connectivity index is 1.52. The molecule has 0 spiro atoms. The Labute approximate surface area is 150 Å². The highest BCUT2D eigenvalue weighted by atomic mass is 35.5. The van der Waals surface area contributed by atoms with E-state index in [4.69, 9.17) is 11.6 Å². The molecule has 1 aliphatic heterocycles. The second kappa shape index (κ2) is 8.11. The van der Waals surface area contributed by atoms with E-state index in [1.54, 1.807) is 0 Å². The first-order chi connectivity index (χ1) is 11.6. The van der Waals surface area contributed by atoms with Crippen LogP contribution in [-0.4, -0.2) is 43.2 Å². The van der Waals surface area contributed by atoms with Gasteiger partial charge in [-0.15, -0.1) is 0 Å². The number of rotatable bonds is 2. The van der Waals surface area contributed by atoms with Gasteiger partial charge in [0, 0.05) is 42.9 Å². The van der Waals surface area contributed by atoms with Crippen LogP contribution in [0.1, 0.15) is 44.1 Å². The molecular formula is C19H28ClN3O. The van der Waals surface area contributed by atoms with E-state index in [2.05, 4.69) is 23.2 Å². The number of amides is 2. The molecule has 0 aromatic heterocycles. The zero-order chi connectivity index (χ0) is 16.9. The molecule has 24 heavy (non-hydrogen) atoms. The summed E-state index contributed by atoms with van der Waals surface area (Å²) in [5, 5.41) is 4.06. The number of carbonyl (C=O) groups is 1. The van der Waals surface area contributed by atoms with Crippen LogP contribution in [0.4, 0.5) is 10.5 Å². The Kier molecular flexibility index (Phi) is 5.88. The molecule has 0 bridgehead atoms. The molecule has 1 saturated heterocycles. The lowest BCUT2D eigenvalue weighted by Gasteiger charge is -2.37. The minimum atomic E-state index is 0.115. The van der Waals surface area contributed by atoms with Gasteiger partial charge >= 0.3 is 6.03 Å². The molecule has 1 aromatic rings. The van der Waals surface area contributed by atoms with Crippen LogP contribution in [0.5, 0.6) is 0 Å². The quantitative estimate of drug-likeness (QED) is 0.812. The highest BCUT2D eigenvalue weighted by Crippen LogP contribution is 2.27. The minimum absolute atomic E-state index is 0.115. The molecular weight excluding hydrogens is 322 g/mol. The van der Waals surface area contributed by atoms with Gasteiger partial charge in [-0.2, -0.15) is 0 Å². The van der Waals surface area contributed by atoms with Crippen LogP contribution in [0.25, 0.3) is 0 Å². The number of nitrogens with one attached hydrogen (secondary N) is 1. The highest BCUT2D eigenvalue weighted by Gasteiger charge is 2.24. The number of halogens is 1. The zero-order valence-electron chi connectivity index (χ0n) is 14.6. The maximum atomic E-state index is 12.5. The first kappa shape index (κ1) is 17.4. The van der Waals surface area contributed by atoms with Gasteiger partial charge in [-0.25, -0.2) is 4.79 Å². The fraction of sp³-hybridized carbons (Fsp3) is 0.632. The van der Waals surface area contributed by atoms with E-state index < -0.39 is 0 Å². The summed E-state index contributed by atoms with van der Waals surface area (Å²) < 4.78 is 0. The van der Waals surface area contributed by atoms with E-state index in [9.17, 15) is 4.79 Å². The van der Waals surface area contributed by atoms with Gasteiger partial charge in [-0.1, -0.05) is 43.4 Å². The standard InChI is InChI=1S/C19H28ClN3O/c1-15-17(20)9-6-10-18(15)22-11-13-23(14-12-22)19(24)21-16-7-4-2-3-5-8-16/h6,9-10,16H,2-5,7-8,11-14H2,1H3,(H,21,24). The molecule has 3 rings (SSSR count). The van der Waals surface area contributed by atoms with Crippen molar-refractivity contribution in [1.29, 1.82) is 0 Å². The molecule has 2 fully saturated rings. The van der Waals surface area contributed by atoms with Crippen LogP contribution >= 0.6 is 11.6 Å². The Morgan fingerprint density at radius 3 is 2.42 bits per heavy atom. The molecule has 1 saturated carbocycles. The minimum Gasteiger partial charge on any atom is -0.368 e. The predicted molar refractivity (Wildman–Crippen MR) is 100.0 cm³/mol. The van der Waals surface area contributed by atoms with E-state index in [0.29, 0.717) is 6.04 Å². The Hall–Kier alpha value is -1.42. The van der Waals surface area contributed by atoms with Crippen molar-refractivity contribution in [2.75, 3.05) is 31.1 Å². The molecule has 132 valence electrons. The number of nitrogens with zero attached hydrogens (tertiary/aromatic N) is 2. The Bertz CT molecular complexity index is 562. The molecule has 2 aliphatic rings. The van der Waals surface area contributed by atoms with Crippen molar-refractivity contribution in [3.05, 3.63) is 28.8 Å². The number of hydrogen-bond donors (Lipinski definition) is 1. The molecule has 1 aliphatic carbocycles. The van der Waals surface area contributed by atoms with Crippen molar-refractivity contribution in [3.8, 4) is 0 Å². The van der Waals surface area contributed by atoms with Crippen LogP contribution in [0, 0.1) is 6.92 Å². The van der Waals surface area contributed by atoms with Crippen LogP contribution in [0.2, 0.25) is 5.02 Å². The molecule has 0 unspecified atom stereocenters. The fourth-order valence-corrected chi connectivity index (χ4v) is 3.95. The maximum absolute atomic E-state index is 12.5. The maximum Gasteiger partial charge on any atom is 0.317 e. The van der Waals surface area contributed by atoms with Crippen molar-refractivity contribution in [3.63, 3.8) is 0 Å². The molecule has 0 radical (unpaired) electrons. The van der Waals surface area contributed by atoms with Gasteiger partial charge < -0.3 is 15.1 Å². The number of carbonyl (C=O) groups excluding carboxylic acids is 1. The highest BCUT2D eigenvalue weighted by molar-refractivity contribution is 6.31.